The van der Waals surface area contributed by atoms with Crippen molar-refractivity contribution in [3.05, 3.63) is 83.3 Å². The van der Waals surface area contributed by atoms with Gasteiger partial charge in [0.15, 0.2) is 0 Å². The van der Waals surface area contributed by atoms with Gasteiger partial charge >= 0.3 is 12.2 Å². The average Bonchev–Trinajstić information content (AvgIpc) is 3.69. The highest BCUT2D eigenvalue weighted by Crippen LogP contribution is 2.54. The molecule has 52 heavy (non-hydrogen) atoms. The first-order valence-electron chi connectivity index (χ1n) is 18.6. The van der Waals surface area contributed by atoms with E-state index in [-0.39, 0.29) is 36.4 Å². The minimum absolute atomic E-state index is 0.0120. The number of aromatic nitrogens is 2. The lowest BCUT2D eigenvalue weighted by Crippen LogP contribution is -2.45. The van der Waals surface area contributed by atoms with Gasteiger partial charge < -0.3 is 14.5 Å². The normalized spacial score (nSPS) is 26.0. The molecule has 5 aliphatic rings. The van der Waals surface area contributed by atoms with Gasteiger partial charge in [-0.15, -0.1) is 0 Å². The number of benzene rings is 3. The van der Waals surface area contributed by atoms with Crippen LogP contribution in [-0.4, -0.2) is 67.0 Å². The van der Waals surface area contributed by atoms with E-state index in [1.54, 1.807) is 0 Å². The zero-order valence-electron chi connectivity index (χ0n) is 30.7. The highest BCUT2D eigenvalue weighted by atomic mass is 16.6. The van der Waals surface area contributed by atoms with Gasteiger partial charge in [0.2, 0.25) is 0 Å². The van der Waals surface area contributed by atoms with E-state index in [2.05, 4.69) is 65.4 Å². The van der Waals surface area contributed by atoms with Crippen molar-refractivity contribution in [2.45, 2.75) is 109 Å². The minimum atomic E-state index is -0.541. The fourth-order valence-electron chi connectivity index (χ4n) is 8.40. The van der Waals surface area contributed by atoms with Crippen LogP contribution in [0.5, 0.6) is 0 Å². The number of hydrogen-bond donors (Lipinski definition) is 1. The molecular formula is C43H45N5O4. The molecule has 266 valence electrons. The van der Waals surface area contributed by atoms with Crippen molar-refractivity contribution in [1.82, 2.24) is 19.8 Å². The molecule has 3 aromatic carbocycles. The number of rotatable bonds is 3. The third kappa shape index (κ3) is 6.12. The maximum absolute atomic E-state index is 13.1. The van der Waals surface area contributed by atoms with Crippen LogP contribution in [-0.2, 0) is 9.47 Å². The Morgan fingerprint density at radius 1 is 0.769 bits per heavy atom. The summed E-state index contributed by atoms with van der Waals surface area (Å²) in [7, 11) is 0. The molecule has 3 aliphatic heterocycles. The van der Waals surface area contributed by atoms with Gasteiger partial charge in [0.25, 0.3) is 0 Å². The molecule has 4 heterocycles. The van der Waals surface area contributed by atoms with Crippen molar-refractivity contribution >= 4 is 45.3 Å². The molecule has 4 fully saturated rings. The van der Waals surface area contributed by atoms with Crippen molar-refractivity contribution in [3.8, 4) is 11.8 Å². The number of ether oxygens (including phenoxy) is 2. The lowest BCUT2D eigenvalue weighted by Gasteiger charge is -2.30. The van der Waals surface area contributed by atoms with Gasteiger partial charge in [-0.3, -0.25) is 14.8 Å². The second kappa shape index (κ2) is 11.7. The number of amides is 2. The van der Waals surface area contributed by atoms with Crippen molar-refractivity contribution in [3.63, 3.8) is 0 Å². The smallest absolute Gasteiger partial charge is 0.411 e. The molecule has 4 aromatic rings. The third-order valence-electron chi connectivity index (χ3n) is 11.0. The number of piperidine rings is 2. The summed E-state index contributed by atoms with van der Waals surface area (Å²) in [6.45, 7) is 11.5. The number of aliphatic imine (C=N–C) groups is 1. The molecule has 1 aromatic heterocycles. The summed E-state index contributed by atoms with van der Waals surface area (Å²) in [5, 5.41) is 2.12. The Morgan fingerprint density at radius 2 is 1.38 bits per heavy atom. The van der Waals surface area contributed by atoms with E-state index in [0.717, 1.165) is 87.7 Å². The number of nitrogens with zero attached hydrogens (tertiary/aromatic N) is 4. The van der Waals surface area contributed by atoms with Gasteiger partial charge in [0.1, 0.15) is 17.0 Å². The Hall–Kier alpha value is -5.10. The Morgan fingerprint density at radius 3 is 2.06 bits per heavy atom. The maximum Gasteiger partial charge on any atom is 0.411 e. The molecule has 0 spiro atoms. The summed E-state index contributed by atoms with van der Waals surface area (Å²) in [5.74, 6) is 8.59. The summed E-state index contributed by atoms with van der Waals surface area (Å²) in [5.41, 5.74) is 6.00. The van der Waals surface area contributed by atoms with Crippen LogP contribution in [0.2, 0.25) is 0 Å². The summed E-state index contributed by atoms with van der Waals surface area (Å²) >= 11 is 0. The molecule has 1 unspecified atom stereocenters. The van der Waals surface area contributed by atoms with Gasteiger partial charge in [-0.05, 0) is 126 Å². The van der Waals surface area contributed by atoms with Gasteiger partial charge in [-0.1, -0.05) is 36.1 Å². The van der Waals surface area contributed by atoms with Crippen molar-refractivity contribution in [2.75, 3.05) is 0 Å². The fourth-order valence-corrected chi connectivity index (χ4v) is 8.40. The van der Waals surface area contributed by atoms with Crippen LogP contribution in [0.25, 0.3) is 27.4 Å². The zero-order chi connectivity index (χ0) is 36.1. The molecule has 9 rings (SSSR count). The van der Waals surface area contributed by atoms with Gasteiger partial charge in [0.05, 0.1) is 23.1 Å². The Balaban J connectivity index is 0.872. The Kier molecular flexibility index (Phi) is 7.38. The lowest BCUT2D eigenvalue weighted by atomic mass is 9.97. The molecular weight excluding hydrogens is 651 g/mol. The fraction of sp³-hybridized carbons (Fsp3) is 0.442. The molecule has 2 aliphatic carbocycles. The van der Waals surface area contributed by atoms with Crippen LogP contribution in [0.15, 0.2) is 65.8 Å². The van der Waals surface area contributed by atoms with E-state index in [9.17, 15) is 9.59 Å². The second-order valence-electron chi connectivity index (χ2n) is 17.2. The van der Waals surface area contributed by atoms with E-state index < -0.39 is 11.2 Å². The largest absolute Gasteiger partial charge is 0.444 e. The number of H-pyrrole nitrogens is 1. The quantitative estimate of drug-likeness (QED) is 0.216. The van der Waals surface area contributed by atoms with Crippen molar-refractivity contribution in [1.29, 1.82) is 0 Å². The first kappa shape index (κ1) is 32.8. The summed E-state index contributed by atoms with van der Waals surface area (Å²) in [6.07, 6.45) is 6.20. The number of aromatic amines is 1. The molecule has 1 N–H and O–H groups in total. The summed E-state index contributed by atoms with van der Waals surface area (Å²) in [4.78, 5) is 43.4. The van der Waals surface area contributed by atoms with Crippen LogP contribution < -0.4 is 0 Å². The Bertz CT molecular complexity index is 2260. The summed E-state index contributed by atoms with van der Waals surface area (Å²) in [6, 6.07) is 19.2. The standard InChI is InChI=1S/C43H45N5O4/c1-42(2,3)51-40(49)47-34-19-28(34)21-36(47)33-18-30(23-44-33)26-12-9-24(10-13-26)7-8-25-11-15-31-27(17-25)14-16-32-38(31)46-39(45-32)37-22-29-20-35(29)48(37)41(50)52-43(4,5)6/h9-17,23,28-29,34-37H,18-22H2,1-6H3,(H,45,46)/t28-,29-,34-,35-,36+,37?/m1/s1. The van der Waals surface area contributed by atoms with E-state index in [4.69, 9.17) is 19.5 Å². The SMILES string of the molecule is CC(C)(C)OC(=O)N1C(c2nc3c(ccc4cc(C#Cc5ccc(C6=CN=C([C@@H]7C[C@H]8C[C@H]8N7C(=O)OC(C)(C)C)C6)cc5)ccc43)[nH]2)C[C@H]2C[C@H]21. The van der Waals surface area contributed by atoms with Crippen LogP contribution in [0, 0.1) is 23.7 Å². The number of nitrogens with one attached hydrogen (secondary N) is 1. The minimum Gasteiger partial charge on any atom is -0.444 e. The van der Waals surface area contributed by atoms with Crippen LogP contribution in [0.4, 0.5) is 9.59 Å². The lowest BCUT2D eigenvalue weighted by molar-refractivity contribution is 0.0173. The van der Waals surface area contributed by atoms with E-state index in [1.807, 2.05) is 63.6 Å². The van der Waals surface area contributed by atoms with E-state index >= 15 is 0 Å². The molecule has 6 atom stereocenters. The van der Waals surface area contributed by atoms with Crippen molar-refractivity contribution < 1.29 is 19.1 Å². The zero-order valence-corrected chi connectivity index (χ0v) is 30.7. The number of imidazole rings is 1. The van der Waals surface area contributed by atoms with Gasteiger partial charge in [0, 0.05) is 46.9 Å². The molecule has 9 heteroatoms. The number of allylic oxidation sites excluding steroid dienone is 1. The number of likely N-dealkylation sites (tertiary alicyclic amines) is 2. The van der Waals surface area contributed by atoms with Crippen LogP contribution in [0.1, 0.15) is 102 Å². The van der Waals surface area contributed by atoms with E-state index in [1.165, 1.54) is 0 Å². The van der Waals surface area contributed by atoms with E-state index in [0.29, 0.717) is 11.8 Å². The number of carbonyl (C=O) groups is 2. The summed E-state index contributed by atoms with van der Waals surface area (Å²) < 4.78 is 11.5. The number of fused-ring (bicyclic) bond motifs is 5. The highest BCUT2D eigenvalue weighted by molar-refractivity contribution is 6.05. The molecule has 2 amide bonds. The monoisotopic (exact) mass is 695 g/mol. The average molecular weight is 696 g/mol. The maximum atomic E-state index is 13.1. The van der Waals surface area contributed by atoms with Crippen LogP contribution in [0.3, 0.4) is 0 Å². The third-order valence-corrected chi connectivity index (χ3v) is 11.0. The molecule has 0 bridgehead atoms. The van der Waals surface area contributed by atoms with Crippen LogP contribution >= 0.6 is 0 Å². The molecule has 9 nitrogen and oxygen atoms in total. The number of carbonyl (C=O) groups excluding carboxylic acids is 2. The first-order chi connectivity index (χ1) is 24.8. The highest BCUT2D eigenvalue weighted by Gasteiger charge is 2.57. The predicted octanol–water partition coefficient (Wildman–Crippen LogP) is 8.77. The molecule has 2 saturated heterocycles. The van der Waals surface area contributed by atoms with Gasteiger partial charge in [-0.2, -0.15) is 0 Å². The molecule has 2 saturated carbocycles. The predicted molar refractivity (Wildman–Crippen MR) is 202 cm³/mol. The molecule has 0 radical (unpaired) electrons. The number of hydrogen-bond acceptors (Lipinski definition) is 6. The van der Waals surface area contributed by atoms with Crippen molar-refractivity contribution in [2.24, 2.45) is 16.8 Å². The second-order valence-corrected chi connectivity index (χ2v) is 17.2. The Labute approximate surface area is 304 Å². The topological polar surface area (TPSA) is 100 Å². The van der Waals surface area contributed by atoms with Gasteiger partial charge in [-0.25, -0.2) is 14.6 Å². The first-order valence-corrected chi connectivity index (χ1v) is 18.6.